The molecule has 0 aliphatic heterocycles. The average molecular weight is 747 g/mol. The first-order chi connectivity index (χ1) is 27.3. The van der Waals surface area contributed by atoms with Crippen molar-refractivity contribution < 1.29 is 28.9 Å². The number of tetrazole rings is 2. The minimum atomic E-state index is -0.455. The van der Waals surface area contributed by atoms with Crippen molar-refractivity contribution >= 4 is 11.4 Å². The van der Waals surface area contributed by atoms with Crippen molar-refractivity contribution in [1.82, 2.24) is 30.0 Å². The van der Waals surface area contributed by atoms with Crippen molar-refractivity contribution in [2.24, 2.45) is 0 Å². The van der Waals surface area contributed by atoms with Crippen molar-refractivity contribution in [3.8, 4) is 68.2 Å². The summed E-state index contributed by atoms with van der Waals surface area (Å²) < 4.78 is 11.9. The maximum Gasteiger partial charge on any atom is 0.340 e. The monoisotopic (exact) mass is 746 g/mol. The Kier molecular flexibility index (Phi) is 9.17. The van der Waals surface area contributed by atoms with Gasteiger partial charge in [-0.25, -0.2) is 0 Å². The molecular formula is C40H30N10O6+2. The van der Waals surface area contributed by atoms with Crippen molar-refractivity contribution in [3.05, 3.63) is 166 Å². The second-order valence-corrected chi connectivity index (χ2v) is 12.3. The van der Waals surface area contributed by atoms with Gasteiger partial charge in [-0.1, -0.05) is 36.4 Å². The maximum atomic E-state index is 11.4. The van der Waals surface area contributed by atoms with E-state index in [2.05, 4.69) is 0 Å². The molecule has 0 N–H and O–H groups in total. The van der Waals surface area contributed by atoms with Crippen LogP contribution >= 0.6 is 0 Å². The molecule has 0 aliphatic carbocycles. The molecule has 0 aliphatic rings. The number of nitro groups is 2. The summed E-state index contributed by atoms with van der Waals surface area (Å²) in [6.07, 6.45) is 0. The molecule has 0 saturated heterocycles. The molecule has 0 fully saturated rings. The van der Waals surface area contributed by atoms with Crippen LogP contribution < -0.4 is 19.1 Å². The van der Waals surface area contributed by atoms with E-state index in [-0.39, 0.29) is 11.4 Å². The smallest absolute Gasteiger partial charge is 0.340 e. The summed E-state index contributed by atoms with van der Waals surface area (Å²) in [5.74, 6) is 1.90. The largest absolute Gasteiger partial charge is 0.496 e. The lowest BCUT2D eigenvalue weighted by molar-refractivity contribution is -0.734. The van der Waals surface area contributed by atoms with E-state index in [0.29, 0.717) is 45.9 Å². The number of hydrogen-bond acceptors (Lipinski definition) is 10. The summed E-state index contributed by atoms with van der Waals surface area (Å²) in [6, 6.07) is 42.2. The third kappa shape index (κ3) is 6.64. The Morgan fingerprint density at radius 2 is 0.893 bits per heavy atom. The molecule has 2 aromatic heterocycles. The van der Waals surface area contributed by atoms with Gasteiger partial charge in [0.2, 0.25) is 0 Å². The van der Waals surface area contributed by atoms with Gasteiger partial charge in [0.05, 0.1) is 45.4 Å². The lowest BCUT2D eigenvalue weighted by Gasteiger charge is -2.14. The molecule has 0 saturated carbocycles. The van der Waals surface area contributed by atoms with Crippen LogP contribution in [0.4, 0.5) is 11.4 Å². The van der Waals surface area contributed by atoms with Gasteiger partial charge < -0.3 is 9.47 Å². The first-order valence-corrected chi connectivity index (χ1v) is 17.1. The highest BCUT2D eigenvalue weighted by atomic mass is 16.6. The number of nitrogens with zero attached hydrogens (tertiary/aromatic N) is 10. The summed E-state index contributed by atoms with van der Waals surface area (Å²) in [5.41, 5.74) is 5.24. The predicted molar refractivity (Wildman–Crippen MR) is 202 cm³/mol. The SMILES string of the molecule is COc1cc(-n2nc(-c3ccccc3)n[n+]2-c2ccc([N+](=O)[O-])cc2)ccc1-c1ccc(-n2nc(-c3ccccc3)n[n+]2-c2ccc([N+](=O)[O-])cc2)cc1OC. The zero-order chi connectivity index (χ0) is 38.8. The Morgan fingerprint density at radius 1 is 0.518 bits per heavy atom. The summed E-state index contributed by atoms with van der Waals surface area (Å²) in [4.78, 5) is 28.1. The predicted octanol–water partition coefficient (Wildman–Crippen LogP) is 6.24. The van der Waals surface area contributed by atoms with Crippen LogP contribution in [0.3, 0.4) is 0 Å². The summed E-state index contributed by atoms with van der Waals surface area (Å²) in [6.45, 7) is 0. The van der Waals surface area contributed by atoms with Gasteiger partial charge in [0.1, 0.15) is 22.9 Å². The van der Waals surface area contributed by atoms with Crippen LogP contribution in [0.5, 0.6) is 11.5 Å². The molecule has 16 nitrogen and oxygen atoms in total. The highest BCUT2D eigenvalue weighted by molar-refractivity contribution is 5.78. The van der Waals surface area contributed by atoms with E-state index >= 15 is 0 Å². The standard InChI is InChI=1S/C40H30N10O6/c1-55-37-25-33(47-43-39(27-9-5-3-6-10-27)41-45(47)29-13-17-31(18-14-29)49(51)52)21-23-35(37)36-24-22-34(26-38(36)56-2)48-44-40(28-11-7-4-8-12-28)42-46(48)30-15-19-32(20-16-30)50(53)54/h3-26H,1-2H3/q+2. The molecular weight excluding hydrogens is 717 g/mol. The van der Waals surface area contributed by atoms with Crippen molar-refractivity contribution in [2.75, 3.05) is 14.2 Å². The maximum absolute atomic E-state index is 11.4. The topological polar surface area (TPSA) is 174 Å². The van der Waals surface area contributed by atoms with E-state index in [1.807, 2.05) is 97.1 Å². The number of benzene rings is 6. The van der Waals surface area contributed by atoms with Gasteiger partial charge >= 0.3 is 11.6 Å². The fourth-order valence-corrected chi connectivity index (χ4v) is 6.11. The zero-order valence-electron chi connectivity index (χ0n) is 29.8. The van der Waals surface area contributed by atoms with Gasteiger partial charge in [0.25, 0.3) is 11.4 Å². The number of non-ortho nitro benzene ring substituents is 2. The molecule has 8 rings (SSSR count). The van der Waals surface area contributed by atoms with Gasteiger partial charge in [-0.05, 0) is 92.6 Å². The molecule has 0 spiro atoms. The van der Waals surface area contributed by atoms with E-state index in [9.17, 15) is 20.2 Å². The zero-order valence-corrected chi connectivity index (χ0v) is 29.8. The molecule has 0 amide bonds. The third-order valence-electron chi connectivity index (χ3n) is 8.89. The average Bonchev–Trinajstić information content (AvgIpc) is 3.90. The van der Waals surface area contributed by atoms with Gasteiger partial charge in [-0.3, -0.25) is 20.2 Å². The molecule has 274 valence electrons. The van der Waals surface area contributed by atoms with Gasteiger partial charge in [0.15, 0.2) is 11.4 Å². The van der Waals surface area contributed by atoms with Crippen LogP contribution in [0.2, 0.25) is 0 Å². The summed E-state index contributed by atoms with van der Waals surface area (Å²) in [7, 11) is 3.14. The van der Waals surface area contributed by atoms with Gasteiger partial charge in [-0.2, -0.15) is 0 Å². The van der Waals surface area contributed by atoms with E-state index in [1.54, 1.807) is 57.7 Å². The minimum Gasteiger partial charge on any atom is -0.496 e. The Morgan fingerprint density at radius 3 is 1.23 bits per heavy atom. The molecule has 0 atom stereocenters. The molecule has 0 radical (unpaired) electrons. The highest BCUT2D eigenvalue weighted by Crippen LogP contribution is 2.38. The van der Waals surface area contributed by atoms with Crippen LogP contribution in [0.15, 0.2) is 146 Å². The number of rotatable bonds is 11. The molecule has 2 heterocycles. The highest BCUT2D eigenvalue weighted by Gasteiger charge is 2.27. The van der Waals surface area contributed by atoms with Crippen LogP contribution in [0.25, 0.3) is 56.7 Å². The van der Waals surface area contributed by atoms with Crippen molar-refractivity contribution in [2.45, 2.75) is 0 Å². The fraction of sp³-hybridized carbons (Fsp3) is 0.0500. The Labute approximate surface area is 317 Å². The Bertz CT molecular complexity index is 2530. The normalized spacial score (nSPS) is 11.0. The van der Waals surface area contributed by atoms with E-state index in [1.165, 1.54) is 24.3 Å². The van der Waals surface area contributed by atoms with Crippen LogP contribution in [-0.2, 0) is 0 Å². The Balaban J connectivity index is 1.20. The van der Waals surface area contributed by atoms with Crippen LogP contribution in [0, 0.1) is 20.2 Å². The quantitative estimate of drug-likeness (QED) is 0.0838. The molecule has 0 bridgehead atoms. The fourth-order valence-electron chi connectivity index (χ4n) is 6.11. The first kappa shape index (κ1) is 34.9. The number of hydrogen-bond donors (Lipinski definition) is 0. The molecule has 56 heavy (non-hydrogen) atoms. The lowest BCUT2D eigenvalue weighted by Crippen LogP contribution is -2.43. The number of methoxy groups -OCH3 is 2. The van der Waals surface area contributed by atoms with E-state index in [0.717, 1.165) is 22.3 Å². The van der Waals surface area contributed by atoms with Gasteiger partial charge in [0, 0.05) is 57.1 Å². The minimum absolute atomic E-state index is 0.0451. The molecule has 16 heteroatoms. The van der Waals surface area contributed by atoms with Crippen molar-refractivity contribution in [3.63, 3.8) is 0 Å². The van der Waals surface area contributed by atoms with Crippen LogP contribution in [-0.4, -0.2) is 54.1 Å². The third-order valence-corrected chi connectivity index (χ3v) is 8.89. The number of aromatic nitrogens is 8. The Hall–Kier alpha value is -8.14. The van der Waals surface area contributed by atoms with Crippen molar-refractivity contribution in [1.29, 1.82) is 0 Å². The van der Waals surface area contributed by atoms with Crippen LogP contribution in [0.1, 0.15) is 0 Å². The second kappa shape index (κ2) is 14.7. The number of nitro benzene ring substituents is 2. The van der Waals surface area contributed by atoms with E-state index < -0.39 is 9.85 Å². The summed E-state index contributed by atoms with van der Waals surface area (Å²) in [5, 5.41) is 41.9. The molecule has 0 unspecified atom stereocenters. The summed E-state index contributed by atoms with van der Waals surface area (Å²) >= 11 is 0. The number of ether oxygens (including phenoxy) is 2. The van der Waals surface area contributed by atoms with Gasteiger partial charge in [-0.15, -0.1) is 0 Å². The second-order valence-electron chi connectivity index (χ2n) is 12.3. The molecule has 6 aromatic carbocycles. The first-order valence-electron chi connectivity index (χ1n) is 17.1. The van der Waals surface area contributed by atoms with E-state index in [4.69, 9.17) is 29.9 Å². The lowest BCUT2D eigenvalue weighted by atomic mass is 10.0. The molecule has 8 aromatic rings.